The molecule has 0 atom stereocenters. The first-order chi connectivity index (χ1) is 9.49. The molecule has 0 aromatic heterocycles. The lowest BCUT2D eigenvalue weighted by Crippen LogP contribution is -2.14. The van der Waals surface area contributed by atoms with E-state index in [1.54, 1.807) is 0 Å². The van der Waals surface area contributed by atoms with Gasteiger partial charge in [0.1, 0.15) is 5.82 Å². The highest BCUT2D eigenvalue weighted by Gasteiger charge is 2.12. The van der Waals surface area contributed by atoms with Crippen molar-refractivity contribution in [2.24, 2.45) is 0 Å². The molecule has 0 heterocycles. The fourth-order valence-electron chi connectivity index (χ4n) is 1.98. The van der Waals surface area contributed by atoms with E-state index in [0.29, 0.717) is 0 Å². The Bertz CT molecular complexity index is 638. The normalized spacial score (nSPS) is 10.6. The maximum atomic E-state index is 13.4. The van der Waals surface area contributed by atoms with Gasteiger partial charge in [0, 0.05) is 11.3 Å². The van der Waals surface area contributed by atoms with E-state index >= 15 is 0 Å². The zero-order valence-corrected chi connectivity index (χ0v) is 11.5. The Morgan fingerprint density at radius 2 is 1.90 bits per heavy atom. The number of carbonyl (C=O) groups is 1. The summed E-state index contributed by atoms with van der Waals surface area (Å²) in [5.41, 5.74) is 7.45. The summed E-state index contributed by atoms with van der Waals surface area (Å²) >= 11 is 0. The number of amides is 1. The second kappa shape index (κ2) is 5.74. The molecule has 2 aromatic carbocycles. The molecule has 0 aliphatic carbocycles. The van der Waals surface area contributed by atoms with Gasteiger partial charge in [0.15, 0.2) is 0 Å². The van der Waals surface area contributed by atoms with Crippen LogP contribution in [0.15, 0.2) is 42.5 Å². The maximum Gasteiger partial charge on any atom is 0.255 e. The maximum absolute atomic E-state index is 13.4. The van der Waals surface area contributed by atoms with Gasteiger partial charge in [-0.3, -0.25) is 4.79 Å². The number of benzene rings is 2. The zero-order chi connectivity index (χ0) is 14.7. The van der Waals surface area contributed by atoms with Gasteiger partial charge in [-0.05, 0) is 35.7 Å². The van der Waals surface area contributed by atoms with Gasteiger partial charge >= 0.3 is 0 Å². The third-order valence-corrected chi connectivity index (χ3v) is 3.09. The number of halogens is 1. The Morgan fingerprint density at radius 3 is 2.55 bits per heavy atom. The van der Waals surface area contributed by atoms with E-state index < -0.39 is 5.82 Å². The standard InChI is InChI=1S/C16H17FN2O/c1-10(2)12-5-3-4-6-15(12)19-16(20)11-7-8-14(18)13(17)9-11/h3-10H,18H2,1-2H3,(H,19,20). The third-order valence-electron chi connectivity index (χ3n) is 3.09. The van der Waals surface area contributed by atoms with E-state index in [0.717, 1.165) is 17.3 Å². The average molecular weight is 272 g/mol. The van der Waals surface area contributed by atoms with Gasteiger partial charge in [-0.25, -0.2) is 4.39 Å². The molecule has 2 rings (SSSR count). The minimum Gasteiger partial charge on any atom is -0.396 e. The van der Waals surface area contributed by atoms with Gasteiger partial charge in [-0.1, -0.05) is 32.0 Å². The predicted octanol–water partition coefficient (Wildman–Crippen LogP) is 3.78. The summed E-state index contributed by atoms with van der Waals surface area (Å²) in [6.07, 6.45) is 0. The van der Waals surface area contributed by atoms with E-state index in [9.17, 15) is 9.18 Å². The number of hydrogen-bond donors (Lipinski definition) is 2. The Morgan fingerprint density at radius 1 is 1.20 bits per heavy atom. The summed E-state index contributed by atoms with van der Waals surface area (Å²) in [6, 6.07) is 11.6. The first kappa shape index (κ1) is 14.1. The van der Waals surface area contributed by atoms with E-state index in [1.165, 1.54) is 12.1 Å². The molecule has 3 N–H and O–H groups in total. The topological polar surface area (TPSA) is 55.1 Å². The lowest BCUT2D eigenvalue weighted by molar-refractivity contribution is 0.102. The van der Waals surface area contributed by atoms with Crippen LogP contribution in [0.5, 0.6) is 0 Å². The van der Waals surface area contributed by atoms with Crippen molar-refractivity contribution in [2.75, 3.05) is 11.1 Å². The summed E-state index contributed by atoms with van der Waals surface area (Å²) in [6.45, 7) is 4.10. The van der Waals surface area contributed by atoms with Crippen LogP contribution in [0.1, 0.15) is 35.7 Å². The van der Waals surface area contributed by atoms with Crippen LogP contribution in [0, 0.1) is 5.82 Å². The van der Waals surface area contributed by atoms with Crippen LogP contribution in [0.3, 0.4) is 0 Å². The van der Waals surface area contributed by atoms with E-state index in [-0.39, 0.29) is 23.1 Å². The number of para-hydroxylation sites is 1. The molecule has 2 aromatic rings. The van der Waals surface area contributed by atoms with Crippen molar-refractivity contribution in [3.05, 3.63) is 59.4 Å². The molecule has 0 fully saturated rings. The average Bonchev–Trinajstić information content (AvgIpc) is 2.42. The minimum atomic E-state index is -0.588. The Labute approximate surface area is 117 Å². The molecular weight excluding hydrogens is 255 g/mol. The SMILES string of the molecule is CC(C)c1ccccc1NC(=O)c1ccc(N)c(F)c1. The number of nitrogen functional groups attached to an aromatic ring is 1. The van der Waals surface area contributed by atoms with E-state index in [2.05, 4.69) is 5.32 Å². The Hall–Kier alpha value is -2.36. The van der Waals surface area contributed by atoms with E-state index in [4.69, 9.17) is 5.73 Å². The van der Waals surface area contributed by atoms with Crippen LogP contribution >= 0.6 is 0 Å². The van der Waals surface area contributed by atoms with Crippen molar-refractivity contribution < 1.29 is 9.18 Å². The van der Waals surface area contributed by atoms with Gasteiger partial charge < -0.3 is 11.1 Å². The summed E-state index contributed by atoms with van der Waals surface area (Å²) in [5, 5.41) is 2.81. The molecule has 0 unspecified atom stereocenters. The van der Waals surface area contributed by atoms with Gasteiger partial charge in [0.25, 0.3) is 5.91 Å². The molecule has 1 amide bonds. The zero-order valence-electron chi connectivity index (χ0n) is 11.5. The van der Waals surface area contributed by atoms with Crippen LogP contribution in [-0.2, 0) is 0 Å². The molecule has 0 saturated heterocycles. The van der Waals surface area contributed by atoms with Crippen LogP contribution in [0.4, 0.5) is 15.8 Å². The first-order valence-electron chi connectivity index (χ1n) is 6.44. The molecule has 0 radical (unpaired) electrons. The lowest BCUT2D eigenvalue weighted by atomic mass is 10.0. The predicted molar refractivity (Wildman–Crippen MR) is 79.3 cm³/mol. The number of nitrogens with two attached hydrogens (primary N) is 1. The van der Waals surface area contributed by atoms with Crippen molar-refractivity contribution in [1.29, 1.82) is 0 Å². The summed E-state index contributed by atoms with van der Waals surface area (Å²) in [5.74, 6) is -0.651. The van der Waals surface area contributed by atoms with E-state index in [1.807, 2.05) is 38.1 Å². The first-order valence-corrected chi connectivity index (χ1v) is 6.44. The van der Waals surface area contributed by atoms with Crippen LogP contribution < -0.4 is 11.1 Å². The number of nitrogens with one attached hydrogen (secondary N) is 1. The number of rotatable bonds is 3. The molecule has 0 bridgehead atoms. The largest absolute Gasteiger partial charge is 0.396 e. The highest BCUT2D eigenvalue weighted by Crippen LogP contribution is 2.24. The molecule has 20 heavy (non-hydrogen) atoms. The second-order valence-electron chi connectivity index (χ2n) is 4.93. The second-order valence-corrected chi connectivity index (χ2v) is 4.93. The third kappa shape index (κ3) is 2.96. The molecular formula is C16H17FN2O. The van der Waals surface area contributed by atoms with Crippen LogP contribution in [-0.4, -0.2) is 5.91 Å². The fourth-order valence-corrected chi connectivity index (χ4v) is 1.98. The van der Waals surface area contributed by atoms with Crippen molar-refractivity contribution in [3.8, 4) is 0 Å². The molecule has 0 spiro atoms. The van der Waals surface area contributed by atoms with Crippen molar-refractivity contribution in [2.45, 2.75) is 19.8 Å². The highest BCUT2D eigenvalue weighted by atomic mass is 19.1. The van der Waals surface area contributed by atoms with Crippen molar-refractivity contribution in [1.82, 2.24) is 0 Å². The Kier molecular flexibility index (Phi) is 4.03. The molecule has 0 aliphatic heterocycles. The van der Waals surface area contributed by atoms with Crippen LogP contribution in [0.2, 0.25) is 0 Å². The Balaban J connectivity index is 2.26. The molecule has 4 heteroatoms. The number of hydrogen-bond acceptors (Lipinski definition) is 2. The smallest absolute Gasteiger partial charge is 0.255 e. The summed E-state index contributed by atoms with van der Waals surface area (Å²) < 4.78 is 13.4. The van der Waals surface area contributed by atoms with Crippen molar-refractivity contribution in [3.63, 3.8) is 0 Å². The molecule has 0 aliphatic rings. The quantitative estimate of drug-likeness (QED) is 0.835. The van der Waals surface area contributed by atoms with Gasteiger partial charge in [-0.15, -0.1) is 0 Å². The van der Waals surface area contributed by atoms with Crippen LogP contribution in [0.25, 0.3) is 0 Å². The summed E-state index contributed by atoms with van der Waals surface area (Å²) in [7, 11) is 0. The van der Waals surface area contributed by atoms with Crippen molar-refractivity contribution >= 4 is 17.3 Å². The molecule has 104 valence electrons. The monoisotopic (exact) mass is 272 g/mol. The number of carbonyl (C=O) groups excluding carboxylic acids is 1. The van der Waals surface area contributed by atoms with Gasteiger partial charge in [0.2, 0.25) is 0 Å². The fraction of sp³-hybridized carbons (Fsp3) is 0.188. The number of anilines is 2. The molecule has 3 nitrogen and oxygen atoms in total. The van der Waals surface area contributed by atoms with Gasteiger partial charge in [-0.2, -0.15) is 0 Å². The minimum absolute atomic E-state index is 0.0316. The molecule has 0 saturated carbocycles. The highest BCUT2D eigenvalue weighted by molar-refractivity contribution is 6.04. The van der Waals surface area contributed by atoms with Gasteiger partial charge in [0.05, 0.1) is 5.69 Å². The summed E-state index contributed by atoms with van der Waals surface area (Å²) in [4.78, 5) is 12.1. The lowest BCUT2D eigenvalue weighted by Gasteiger charge is -2.13.